The summed E-state index contributed by atoms with van der Waals surface area (Å²) in [5.74, 6) is -0.209. The molecule has 2 aromatic rings. The monoisotopic (exact) mass is 323 g/mol. The number of fused-ring (bicyclic) bond motifs is 1. The zero-order valence-electron chi connectivity index (χ0n) is 11.9. The molecule has 1 aliphatic rings. The van der Waals surface area contributed by atoms with Crippen molar-refractivity contribution in [2.75, 3.05) is 5.32 Å². The summed E-state index contributed by atoms with van der Waals surface area (Å²) in [6, 6.07) is 5.47. The highest BCUT2D eigenvalue weighted by Crippen LogP contribution is 2.30. The first-order valence-electron chi connectivity index (χ1n) is 6.99. The van der Waals surface area contributed by atoms with Gasteiger partial charge in [0.05, 0.1) is 11.1 Å². The molecule has 1 amide bonds. The number of hydrogen-bond acceptors (Lipinski definition) is 3. The van der Waals surface area contributed by atoms with E-state index in [4.69, 9.17) is 4.42 Å². The van der Waals surface area contributed by atoms with Crippen LogP contribution in [0.25, 0.3) is 0 Å². The molecule has 3 rings (SSSR count). The fraction of sp³-hybridized carbons (Fsp3) is 0.250. The number of rotatable bonds is 2. The molecule has 0 aliphatic heterocycles. The van der Waals surface area contributed by atoms with Crippen LogP contribution in [0.5, 0.6) is 0 Å². The molecular formula is C16H12F3NO3. The van der Waals surface area contributed by atoms with Gasteiger partial charge in [-0.05, 0) is 30.7 Å². The molecule has 1 aromatic carbocycles. The van der Waals surface area contributed by atoms with E-state index in [1.807, 2.05) is 0 Å². The normalized spacial score (nSPS) is 14.5. The first kappa shape index (κ1) is 15.3. The summed E-state index contributed by atoms with van der Waals surface area (Å²) in [4.78, 5) is 23.8. The molecule has 0 unspecified atom stereocenters. The van der Waals surface area contributed by atoms with Gasteiger partial charge in [0.25, 0.3) is 5.91 Å². The molecule has 0 saturated carbocycles. The highest BCUT2D eigenvalue weighted by atomic mass is 19.4. The van der Waals surface area contributed by atoms with Gasteiger partial charge in [0.2, 0.25) is 0 Å². The van der Waals surface area contributed by atoms with Crippen LogP contribution in [0.4, 0.5) is 18.9 Å². The number of carbonyl (C=O) groups excluding carboxylic acids is 2. The van der Waals surface area contributed by atoms with Crippen molar-refractivity contribution in [1.29, 1.82) is 0 Å². The predicted molar refractivity (Wildman–Crippen MR) is 75.4 cm³/mol. The van der Waals surface area contributed by atoms with Crippen LogP contribution in [0.2, 0.25) is 0 Å². The molecular weight excluding hydrogens is 311 g/mol. The molecule has 0 atom stereocenters. The number of nitrogens with one attached hydrogen (secondary N) is 1. The van der Waals surface area contributed by atoms with E-state index in [-0.39, 0.29) is 17.2 Å². The number of furan rings is 1. The molecule has 1 aliphatic carbocycles. The number of ketones is 1. The lowest BCUT2D eigenvalue weighted by Gasteiger charge is -2.08. The molecule has 0 radical (unpaired) electrons. The third-order valence-electron chi connectivity index (χ3n) is 3.61. The minimum atomic E-state index is -4.43. The van der Waals surface area contributed by atoms with Crippen molar-refractivity contribution in [3.05, 3.63) is 53.0 Å². The standard InChI is InChI=1S/C16H12F3NO3/c17-16(18,19)9-4-6-10(7-5-9)20-15(22)14-8-11-12(21)2-1-3-13(11)23-14/h4-8H,1-3H2,(H,20,22). The van der Waals surface area contributed by atoms with E-state index in [1.165, 1.54) is 6.07 Å². The first-order valence-corrected chi connectivity index (χ1v) is 6.99. The number of anilines is 1. The largest absolute Gasteiger partial charge is 0.455 e. The Morgan fingerprint density at radius 1 is 1.13 bits per heavy atom. The molecule has 7 heteroatoms. The Morgan fingerprint density at radius 3 is 2.43 bits per heavy atom. The number of carbonyl (C=O) groups is 2. The molecule has 0 fully saturated rings. The number of aryl methyl sites for hydroxylation is 1. The van der Waals surface area contributed by atoms with E-state index in [0.717, 1.165) is 24.3 Å². The van der Waals surface area contributed by atoms with Crippen molar-refractivity contribution >= 4 is 17.4 Å². The van der Waals surface area contributed by atoms with E-state index in [2.05, 4.69) is 5.32 Å². The number of amides is 1. The van der Waals surface area contributed by atoms with Crippen LogP contribution in [0, 0.1) is 0 Å². The molecule has 0 saturated heterocycles. The lowest BCUT2D eigenvalue weighted by Crippen LogP contribution is -2.11. The number of Topliss-reactive ketones (excluding diaryl/α,β-unsaturated/α-hetero) is 1. The second-order valence-electron chi connectivity index (χ2n) is 5.25. The third kappa shape index (κ3) is 3.13. The lowest BCUT2D eigenvalue weighted by atomic mass is 9.97. The maximum atomic E-state index is 12.5. The summed E-state index contributed by atoms with van der Waals surface area (Å²) >= 11 is 0. The van der Waals surface area contributed by atoms with Crippen molar-refractivity contribution in [2.24, 2.45) is 0 Å². The van der Waals surface area contributed by atoms with Gasteiger partial charge in [-0.25, -0.2) is 0 Å². The molecule has 1 heterocycles. The van der Waals surface area contributed by atoms with E-state index in [0.29, 0.717) is 30.6 Å². The summed E-state index contributed by atoms with van der Waals surface area (Å²) < 4.78 is 42.8. The summed E-state index contributed by atoms with van der Waals surface area (Å²) in [5.41, 5.74) is -0.174. The van der Waals surface area contributed by atoms with Crippen LogP contribution < -0.4 is 5.32 Å². The fourth-order valence-electron chi connectivity index (χ4n) is 2.44. The van der Waals surface area contributed by atoms with Gasteiger partial charge in [0.1, 0.15) is 5.76 Å². The predicted octanol–water partition coefficient (Wildman–Crippen LogP) is 4.07. The molecule has 0 bridgehead atoms. The van der Waals surface area contributed by atoms with Crippen molar-refractivity contribution in [1.82, 2.24) is 0 Å². The minimum absolute atomic E-state index is 0.0230. The van der Waals surface area contributed by atoms with Gasteiger partial charge >= 0.3 is 6.18 Å². The van der Waals surface area contributed by atoms with Crippen molar-refractivity contribution in [3.8, 4) is 0 Å². The highest BCUT2D eigenvalue weighted by molar-refractivity contribution is 6.05. The SMILES string of the molecule is O=C(Nc1ccc(C(F)(F)F)cc1)c1cc2c(o1)CCCC2=O. The maximum absolute atomic E-state index is 12.5. The average Bonchev–Trinajstić information content (AvgIpc) is 2.92. The van der Waals surface area contributed by atoms with Crippen LogP contribution in [0.15, 0.2) is 34.7 Å². The molecule has 4 nitrogen and oxygen atoms in total. The molecule has 1 aromatic heterocycles. The Balaban J connectivity index is 1.76. The number of hydrogen-bond donors (Lipinski definition) is 1. The molecule has 120 valence electrons. The Kier molecular flexibility index (Phi) is 3.71. The quantitative estimate of drug-likeness (QED) is 0.906. The summed E-state index contributed by atoms with van der Waals surface area (Å²) in [6.45, 7) is 0. The topological polar surface area (TPSA) is 59.3 Å². The lowest BCUT2D eigenvalue weighted by molar-refractivity contribution is -0.137. The minimum Gasteiger partial charge on any atom is -0.455 e. The van der Waals surface area contributed by atoms with E-state index >= 15 is 0 Å². The fourth-order valence-corrected chi connectivity index (χ4v) is 2.44. The van der Waals surface area contributed by atoms with Crippen LogP contribution >= 0.6 is 0 Å². The van der Waals surface area contributed by atoms with Gasteiger partial charge in [0.15, 0.2) is 11.5 Å². The Hall–Kier alpha value is -2.57. The van der Waals surface area contributed by atoms with Crippen LogP contribution in [0.1, 0.15) is 45.1 Å². The van der Waals surface area contributed by atoms with Crippen LogP contribution in [0.3, 0.4) is 0 Å². The van der Waals surface area contributed by atoms with E-state index in [1.54, 1.807) is 0 Å². The molecule has 0 spiro atoms. The van der Waals surface area contributed by atoms with Gasteiger partial charge in [0, 0.05) is 24.6 Å². The Morgan fingerprint density at radius 2 is 1.83 bits per heavy atom. The van der Waals surface area contributed by atoms with Gasteiger partial charge in [-0.15, -0.1) is 0 Å². The first-order chi connectivity index (χ1) is 10.8. The maximum Gasteiger partial charge on any atom is 0.416 e. The Labute approximate surface area is 129 Å². The third-order valence-corrected chi connectivity index (χ3v) is 3.61. The Bertz CT molecular complexity index is 760. The van der Waals surface area contributed by atoms with Crippen molar-refractivity contribution in [3.63, 3.8) is 0 Å². The highest BCUT2D eigenvalue weighted by Gasteiger charge is 2.30. The molecule has 23 heavy (non-hydrogen) atoms. The van der Waals surface area contributed by atoms with E-state index < -0.39 is 17.6 Å². The van der Waals surface area contributed by atoms with E-state index in [9.17, 15) is 22.8 Å². The molecule has 1 N–H and O–H groups in total. The van der Waals surface area contributed by atoms with Crippen molar-refractivity contribution < 1.29 is 27.2 Å². The second-order valence-corrected chi connectivity index (χ2v) is 5.25. The van der Waals surface area contributed by atoms with Gasteiger partial charge in [-0.3, -0.25) is 9.59 Å². The van der Waals surface area contributed by atoms with Gasteiger partial charge < -0.3 is 9.73 Å². The summed E-state index contributed by atoms with van der Waals surface area (Å²) in [6.07, 6.45) is -2.73. The van der Waals surface area contributed by atoms with Gasteiger partial charge in [-0.2, -0.15) is 13.2 Å². The number of benzene rings is 1. The number of halogens is 3. The smallest absolute Gasteiger partial charge is 0.416 e. The van der Waals surface area contributed by atoms with Crippen LogP contribution in [-0.2, 0) is 12.6 Å². The average molecular weight is 323 g/mol. The number of alkyl halides is 3. The second kappa shape index (κ2) is 5.57. The summed E-state index contributed by atoms with van der Waals surface area (Å²) in [5, 5.41) is 2.45. The zero-order valence-corrected chi connectivity index (χ0v) is 11.9. The van der Waals surface area contributed by atoms with Crippen LogP contribution in [-0.4, -0.2) is 11.7 Å². The van der Waals surface area contributed by atoms with Gasteiger partial charge in [-0.1, -0.05) is 0 Å². The summed E-state index contributed by atoms with van der Waals surface area (Å²) in [7, 11) is 0. The van der Waals surface area contributed by atoms with Crippen molar-refractivity contribution in [2.45, 2.75) is 25.4 Å². The zero-order chi connectivity index (χ0) is 16.6.